The van der Waals surface area contributed by atoms with Crippen LogP contribution < -0.4 is 0 Å². The van der Waals surface area contributed by atoms with E-state index in [4.69, 9.17) is 0 Å². The van der Waals surface area contributed by atoms with Crippen LogP contribution in [-0.4, -0.2) is 0 Å². The van der Waals surface area contributed by atoms with Crippen LogP contribution in [0.4, 0.5) is 0 Å². The van der Waals surface area contributed by atoms with E-state index in [0.29, 0.717) is 5.41 Å². The molecule has 2 heteroatoms. The second kappa shape index (κ2) is 5.44. The third-order valence-corrected chi connectivity index (χ3v) is 3.97. The molecule has 0 aliphatic rings. The minimum atomic E-state index is 0.227. The zero-order valence-corrected chi connectivity index (χ0v) is 14.5. The minimum Gasteiger partial charge on any atom is -0.0712 e. The van der Waals surface area contributed by atoms with E-state index in [1.807, 2.05) is 0 Å². The van der Waals surface area contributed by atoms with Gasteiger partial charge in [-0.15, -0.1) is 0 Å². The van der Waals surface area contributed by atoms with Gasteiger partial charge in [0.15, 0.2) is 0 Å². The fraction of sp³-hybridized carbons (Fsp3) is 0.600. The van der Waals surface area contributed by atoms with Crippen molar-refractivity contribution in [2.45, 2.75) is 50.2 Å². The Morgan fingerprint density at radius 1 is 0.941 bits per heavy atom. The van der Waals surface area contributed by atoms with Gasteiger partial charge >= 0.3 is 0 Å². The van der Waals surface area contributed by atoms with Gasteiger partial charge in [0.2, 0.25) is 0 Å². The van der Waals surface area contributed by atoms with Crippen molar-refractivity contribution in [2.75, 3.05) is 0 Å². The van der Waals surface area contributed by atoms with Crippen LogP contribution in [0.1, 0.15) is 55.9 Å². The Morgan fingerprint density at radius 3 is 1.76 bits per heavy atom. The van der Waals surface area contributed by atoms with Crippen molar-refractivity contribution in [1.29, 1.82) is 0 Å². The van der Waals surface area contributed by atoms with Crippen LogP contribution in [0.2, 0.25) is 0 Å². The van der Waals surface area contributed by atoms with Gasteiger partial charge in [0, 0.05) is 0 Å². The van der Waals surface area contributed by atoms with Gasteiger partial charge in [0.05, 0.1) is 3.74 Å². The van der Waals surface area contributed by atoms with Gasteiger partial charge in [0.25, 0.3) is 0 Å². The fourth-order valence-corrected chi connectivity index (χ4v) is 3.12. The molecule has 96 valence electrons. The van der Waals surface area contributed by atoms with Crippen LogP contribution in [-0.2, 0) is 5.41 Å². The molecule has 1 aromatic rings. The molecule has 0 saturated carbocycles. The normalized spacial score (nSPS) is 13.2. The monoisotopic (exact) mass is 360 g/mol. The molecule has 0 unspecified atom stereocenters. The van der Waals surface area contributed by atoms with Crippen LogP contribution in [0.25, 0.3) is 0 Å². The summed E-state index contributed by atoms with van der Waals surface area (Å²) in [7, 11) is 0. The molecule has 0 aliphatic carbocycles. The number of halogens is 2. The average Bonchev–Trinajstić information content (AvgIpc) is 2.14. The topological polar surface area (TPSA) is 0 Å². The Hall–Kier alpha value is 0.180. The number of hydrogen-bond acceptors (Lipinski definition) is 0. The van der Waals surface area contributed by atoms with Crippen molar-refractivity contribution in [3.63, 3.8) is 0 Å². The molecule has 0 atom stereocenters. The molecule has 0 bridgehead atoms. The highest BCUT2D eigenvalue weighted by atomic mass is 79.9. The van der Waals surface area contributed by atoms with E-state index >= 15 is 0 Å². The second-order valence-electron chi connectivity index (χ2n) is 6.54. The number of rotatable bonds is 3. The SMILES string of the molecule is CC(C)(C)CC(C)(C)c1ccc(C(Br)Br)cc1. The van der Waals surface area contributed by atoms with E-state index < -0.39 is 0 Å². The number of alkyl halides is 2. The van der Waals surface area contributed by atoms with Crippen LogP contribution in [0, 0.1) is 5.41 Å². The van der Waals surface area contributed by atoms with Gasteiger partial charge < -0.3 is 0 Å². The molecule has 0 amide bonds. The number of benzene rings is 1. The molecular formula is C15H22Br2. The third-order valence-electron chi connectivity index (χ3n) is 2.92. The molecule has 0 N–H and O–H groups in total. The smallest absolute Gasteiger partial charge is 0.0712 e. The molecule has 0 radical (unpaired) electrons. The van der Waals surface area contributed by atoms with Gasteiger partial charge in [0.1, 0.15) is 0 Å². The average molecular weight is 362 g/mol. The minimum absolute atomic E-state index is 0.227. The first kappa shape index (κ1) is 15.2. The lowest BCUT2D eigenvalue weighted by Crippen LogP contribution is -2.24. The summed E-state index contributed by atoms with van der Waals surface area (Å²) < 4.78 is 0.245. The predicted octanol–water partition coefficient (Wildman–Crippen LogP) is 6.19. The summed E-state index contributed by atoms with van der Waals surface area (Å²) in [5.74, 6) is 0. The summed E-state index contributed by atoms with van der Waals surface area (Å²) in [5.41, 5.74) is 3.26. The molecule has 0 fully saturated rings. The van der Waals surface area contributed by atoms with Crippen molar-refractivity contribution in [1.82, 2.24) is 0 Å². The molecular weight excluding hydrogens is 340 g/mol. The summed E-state index contributed by atoms with van der Waals surface area (Å²) in [4.78, 5) is 0. The highest BCUT2D eigenvalue weighted by Gasteiger charge is 2.27. The Balaban J connectivity index is 2.92. The molecule has 0 heterocycles. The molecule has 1 aromatic carbocycles. The van der Waals surface area contributed by atoms with Crippen LogP contribution in [0.15, 0.2) is 24.3 Å². The zero-order valence-electron chi connectivity index (χ0n) is 11.3. The zero-order chi connectivity index (χ0) is 13.3. The van der Waals surface area contributed by atoms with E-state index in [1.165, 1.54) is 17.5 Å². The molecule has 0 aliphatic heterocycles. The first-order valence-electron chi connectivity index (χ1n) is 6.00. The maximum absolute atomic E-state index is 3.52. The summed E-state index contributed by atoms with van der Waals surface area (Å²) in [5, 5.41) is 0. The highest BCUT2D eigenvalue weighted by molar-refractivity contribution is 9.24. The van der Waals surface area contributed by atoms with Gasteiger partial charge in [-0.1, -0.05) is 90.7 Å². The molecule has 0 nitrogen and oxygen atoms in total. The van der Waals surface area contributed by atoms with E-state index in [-0.39, 0.29) is 9.15 Å². The molecule has 0 aromatic heterocycles. The standard InChI is InChI=1S/C15H22Br2/c1-14(2,3)10-15(4,5)12-8-6-11(7-9-12)13(16)17/h6-9,13H,10H2,1-5H3. The highest BCUT2D eigenvalue weighted by Crippen LogP contribution is 2.37. The summed E-state index contributed by atoms with van der Waals surface area (Å²) in [6.07, 6.45) is 1.19. The van der Waals surface area contributed by atoms with Crippen LogP contribution in [0.5, 0.6) is 0 Å². The van der Waals surface area contributed by atoms with Gasteiger partial charge in [-0.05, 0) is 28.4 Å². The lowest BCUT2D eigenvalue weighted by atomic mass is 9.72. The maximum Gasteiger partial charge on any atom is 0.0946 e. The van der Waals surface area contributed by atoms with Crippen molar-refractivity contribution in [3.8, 4) is 0 Å². The maximum atomic E-state index is 3.52. The largest absolute Gasteiger partial charge is 0.0946 e. The molecule has 0 saturated heterocycles. The van der Waals surface area contributed by atoms with Gasteiger partial charge in [-0.2, -0.15) is 0 Å². The van der Waals surface area contributed by atoms with Crippen LogP contribution >= 0.6 is 31.9 Å². The Morgan fingerprint density at radius 2 is 1.41 bits per heavy atom. The molecule has 0 spiro atoms. The van der Waals surface area contributed by atoms with Gasteiger partial charge in [-0.25, -0.2) is 0 Å². The first-order chi connectivity index (χ1) is 7.62. The Labute approximate surface area is 122 Å². The van der Waals surface area contributed by atoms with Crippen molar-refractivity contribution >= 4 is 31.9 Å². The van der Waals surface area contributed by atoms with Crippen molar-refractivity contribution in [2.24, 2.45) is 5.41 Å². The van der Waals surface area contributed by atoms with Crippen LogP contribution in [0.3, 0.4) is 0 Å². The van der Waals surface area contributed by atoms with E-state index in [9.17, 15) is 0 Å². The van der Waals surface area contributed by atoms with Crippen molar-refractivity contribution in [3.05, 3.63) is 35.4 Å². The van der Waals surface area contributed by atoms with Gasteiger partial charge in [-0.3, -0.25) is 0 Å². The third kappa shape index (κ3) is 4.75. The van der Waals surface area contributed by atoms with E-state index in [2.05, 4.69) is 90.7 Å². The summed E-state index contributed by atoms with van der Waals surface area (Å²) in [6, 6.07) is 8.87. The quantitative estimate of drug-likeness (QED) is 0.563. The second-order valence-corrected chi connectivity index (χ2v) is 9.60. The van der Waals surface area contributed by atoms with E-state index in [1.54, 1.807) is 0 Å². The molecule has 17 heavy (non-hydrogen) atoms. The Kier molecular flexibility index (Phi) is 4.88. The lowest BCUT2D eigenvalue weighted by Gasteiger charge is -2.33. The summed E-state index contributed by atoms with van der Waals surface area (Å²) in [6.45, 7) is 11.6. The predicted molar refractivity (Wildman–Crippen MR) is 84.1 cm³/mol. The van der Waals surface area contributed by atoms with E-state index in [0.717, 1.165) is 0 Å². The number of hydrogen-bond donors (Lipinski definition) is 0. The Bertz CT molecular complexity index is 356. The summed E-state index contributed by atoms with van der Waals surface area (Å²) >= 11 is 7.05. The first-order valence-corrected chi connectivity index (χ1v) is 7.83. The fourth-order valence-electron chi connectivity index (χ4n) is 2.51. The lowest BCUT2D eigenvalue weighted by molar-refractivity contribution is 0.284. The van der Waals surface area contributed by atoms with Crippen molar-refractivity contribution < 1.29 is 0 Å². The molecule has 1 rings (SSSR count).